The van der Waals surface area contributed by atoms with Gasteiger partial charge in [-0.3, -0.25) is 14.2 Å². The van der Waals surface area contributed by atoms with Crippen LogP contribution in [0.15, 0.2) is 35.5 Å². The third-order valence-electron chi connectivity index (χ3n) is 5.74. The first-order valence-corrected chi connectivity index (χ1v) is 10.2. The lowest BCUT2D eigenvalue weighted by Gasteiger charge is -2.15. The number of amides is 1. The number of carbonyl (C=O) groups excluding carboxylic acids is 1. The molecule has 0 unspecified atom stereocenters. The molecule has 1 amide bonds. The van der Waals surface area contributed by atoms with E-state index in [9.17, 15) is 14.0 Å². The highest BCUT2D eigenvalue weighted by molar-refractivity contribution is 6.30. The average molecular weight is 415 g/mol. The fourth-order valence-corrected chi connectivity index (χ4v) is 4.13. The standard InChI is InChI=1S/C21H20ClFN4O2/c22-16-6-3-13(9-17(16)23)15-10-27(14-4-5-14)20-19(15)21(29)26(12-24-20)11-18(28)25-7-1-2-8-25/h3,6,9-10,12,14H,1-2,4-5,7-8,11H2. The van der Waals surface area contributed by atoms with Crippen LogP contribution in [0.1, 0.15) is 31.7 Å². The number of likely N-dealkylation sites (tertiary alicyclic amines) is 1. The maximum atomic E-state index is 14.1. The fourth-order valence-electron chi connectivity index (χ4n) is 4.02. The molecule has 3 aromatic rings. The van der Waals surface area contributed by atoms with Crippen molar-refractivity contribution in [2.24, 2.45) is 0 Å². The number of aromatic nitrogens is 3. The number of hydrogen-bond donors (Lipinski definition) is 0. The summed E-state index contributed by atoms with van der Waals surface area (Å²) in [6.07, 6.45) is 7.35. The molecule has 5 rings (SSSR count). The van der Waals surface area contributed by atoms with Gasteiger partial charge in [-0.05, 0) is 43.4 Å². The Labute approximate surface area is 171 Å². The quantitative estimate of drug-likeness (QED) is 0.655. The Morgan fingerprint density at radius 3 is 2.69 bits per heavy atom. The highest BCUT2D eigenvalue weighted by Crippen LogP contribution is 2.40. The smallest absolute Gasteiger partial charge is 0.263 e. The van der Waals surface area contributed by atoms with Crippen molar-refractivity contribution in [1.82, 2.24) is 19.0 Å². The zero-order valence-electron chi connectivity index (χ0n) is 15.8. The molecule has 0 spiro atoms. The normalized spacial score (nSPS) is 16.7. The molecule has 150 valence electrons. The van der Waals surface area contributed by atoms with E-state index in [-0.39, 0.29) is 23.0 Å². The Hall–Kier alpha value is -2.67. The molecule has 0 N–H and O–H groups in total. The highest BCUT2D eigenvalue weighted by Gasteiger charge is 2.28. The third-order valence-corrected chi connectivity index (χ3v) is 6.04. The minimum Gasteiger partial charge on any atom is -0.341 e. The van der Waals surface area contributed by atoms with Crippen molar-refractivity contribution in [3.05, 3.63) is 51.9 Å². The summed E-state index contributed by atoms with van der Waals surface area (Å²) < 4.78 is 17.4. The molecule has 0 radical (unpaired) electrons. The van der Waals surface area contributed by atoms with Crippen LogP contribution in [0.5, 0.6) is 0 Å². The van der Waals surface area contributed by atoms with Gasteiger partial charge in [-0.2, -0.15) is 0 Å². The van der Waals surface area contributed by atoms with Crippen LogP contribution in [0, 0.1) is 5.82 Å². The van der Waals surface area contributed by atoms with Crippen LogP contribution in [0.2, 0.25) is 5.02 Å². The molecule has 6 nitrogen and oxygen atoms in total. The molecule has 2 aromatic heterocycles. The summed E-state index contributed by atoms with van der Waals surface area (Å²) in [5.74, 6) is -0.614. The molecule has 8 heteroatoms. The van der Waals surface area contributed by atoms with Crippen LogP contribution < -0.4 is 5.56 Å². The maximum Gasteiger partial charge on any atom is 0.263 e. The lowest BCUT2D eigenvalue weighted by atomic mass is 10.1. The van der Waals surface area contributed by atoms with Gasteiger partial charge in [-0.1, -0.05) is 17.7 Å². The van der Waals surface area contributed by atoms with Gasteiger partial charge in [-0.15, -0.1) is 0 Å². The van der Waals surface area contributed by atoms with E-state index in [2.05, 4.69) is 4.98 Å². The molecule has 1 aliphatic heterocycles. The average Bonchev–Trinajstić information content (AvgIpc) is 3.25. The summed E-state index contributed by atoms with van der Waals surface area (Å²) in [6, 6.07) is 4.82. The van der Waals surface area contributed by atoms with Crippen LogP contribution in [0.3, 0.4) is 0 Å². The second kappa shape index (κ2) is 6.99. The van der Waals surface area contributed by atoms with E-state index >= 15 is 0 Å². The Balaban J connectivity index is 1.63. The van der Waals surface area contributed by atoms with Crippen LogP contribution in [0.4, 0.5) is 4.39 Å². The van der Waals surface area contributed by atoms with Gasteiger partial charge in [0.1, 0.15) is 24.3 Å². The van der Waals surface area contributed by atoms with E-state index in [4.69, 9.17) is 11.6 Å². The molecule has 0 bridgehead atoms. The molecule has 1 saturated heterocycles. The second-order valence-electron chi connectivity index (χ2n) is 7.77. The Bertz CT molecular complexity index is 1180. The van der Waals surface area contributed by atoms with Crippen molar-refractivity contribution in [3.63, 3.8) is 0 Å². The van der Waals surface area contributed by atoms with E-state index in [1.807, 2.05) is 10.8 Å². The van der Waals surface area contributed by atoms with Crippen LogP contribution in [0.25, 0.3) is 22.2 Å². The molecule has 3 heterocycles. The van der Waals surface area contributed by atoms with Gasteiger partial charge in [0.05, 0.1) is 10.4 Å². The van der Waals surface area contributed by atoms with Gasteiger partial charge in [-0.25, -0.2) is 9.37 Å². The van der Waals surface area contributed by atoms with Crippen molar-refractivity contribution in [3.8, 4) is 11.1 Å². The van der Waals surface area contributed by atoms with E-state index in [1.54, 1.807) is 11.0 Å². The third kappa shape index (κ3) is 3.23. The first-order valence-electron chi connectivity index (χ1n) is 9.86. The maximum absolute atomic E-state index is 14.1. The van der Waals surface area contributed by atoms with Gasteiger partial charge in [0.25, 0.3) is 5.56 Å². The van der Waals surface area contributed by atoms with Gasteiger partial charge in [0.2, 0.25) is 5.91 Å². The molecular formula is C21H20ClFN4O2. The number of rotatable bonds is 4. The largest absolute Gasteiger partial charge is 0.341 e. The molecule has 2 aliphatic rings. The van der Waals surface area contributed by atoms with Gasteiger partial charge < -0.3 is 9.47 Å². The van der Waals surface area contributed by atoms with Crippen LogP contribution >= 0.6 is 11.6 Å². The molecule has 1 aromatic carbocycles. The fraction of sp³-hybridized carbons (Fsp3) is 0.381. The van der Waals surface area contributed by atoms with Crippen molar-refractivity contribution in [2.75, 3.05) is 13.1 Å². The molecular weight excluding hydrogens is 395 g/mol. The van der Waals surface area contributed by atoms with E-state index in [1.165, 1.54) is 23.0 Å². The molecule has 29 heavy (non-hydrogen) atoms. The lowest BCUT2D eigenvalue weighted by Crippen LogP contribution is -2.34. The topological polar surface area (TPSA) is 60.1 Å². The minimum atomic E-state index is -0.537. The van der Waals surface area contributed by atoms with Crippen LogP contribution in [-0.4, -0.2) is 38.0 Å². The molecule has 2 fully saturated rings. The van der Waals surface area contributed by atoms with Gasteiger partial charge in [0, 0.05) is 30.9 Å². The number of benzene rings is 1. The Kier molecular flexibility index (Phi) is 4.42. The van der Waals surface area contributed by atoms with E-state index in [0.29, 0.717) is 28.2 Å². The number of carbonyl (C=O) groups is 1. The Morgan fingerprint density at radius 1 is 1.24 bits per heavy atom. The lowest BCUT2D eigenvalue weighted by molar-refractivity contribution is -0.130. The van der Waals surface area contributed by atoms with Crippen molar-refractivity contribution < 1.29 is 9.18 Å². The zero-order chi connectivity index (χ0) is 20.1. The van der Waals surface area contributed by atoms with Crippen molar-refractivity contribution in [2.45, 2.75) is 38.3 Å². The summed E-state index contributed by atoms with van der Waals surface area (Å²) in [6.45, 7) is 1.43. The first-order chi connectivity index (χ1) is 14.0. The number of halogens is 2. The van der Waals surface area contributed by atoms with E-state index < -0.39 is 5.82 Å². The van der Waals surface area contributed by atoms with Gasteiger partial charge >= 0.3 is 0 Å². The highest BCUT2D eigenvalue weighted by atomic mass is 35.5. The molecule has 1 aliphatic carbocycles. The summed E-state index contributed by atoms with van der Waals surface area (Å²) >= 11 is 5.83. The summed E-state index contributed by atoms with van der Waals surface area (Å²) in [5, 5.41) is 0.446. The summed E-state index contributed by atoms with van der Waals surface area (Å²) in [5.41, 5.74) is 1.47. The predicted octanol–water partition coefficient (Wildman–Crippen LogP) is 3.61. The minimum absolute atomic E-state index is 0.0337. The van der Waals surface area contributed by atoms with Gasteiger partial charge in [0.15, 0.2) is 0 Å². The Morgan fingerprint density at radius 2 is 2.00 bits per heavy atom. The van der Waals surface area contributed by atoms with Crippen LogP contribution in [-0.2, 0) is 11.3 Å². The summed E-state index contributed by atoms with van der Waals surface area (Å²) in [4.78, 5) is 32.1. The molecule has 1 saturated carbocycles. The first kappa shape index (κ1) is 18.4. The van der Waals surface area contributed by atoms with E-state index in [0.717, 1.165) is 38.8 Å². The monoisotopic (exact) mass is 414 g/mol. The number of nitrogens with zero attached hydrogens (tertiary/aromatic N) is 4. The second-order valence-corrected chi connectivity index (χ2v) is 8.18. The zero-order valence-corrected chi connectivity index (χ0v) is 16.5. The summed E-state index contributed by atoms with van der Waals surface area (Å²) in [7, 11) is 0. The predicted molar refractivity (Wildman–Crippen MR) is 108 cm³/mol. The SMILES string of the molecule is O=C(Cn1cnc2c(c(-c3ccc(Cl)c(F)c3)cn2C2CC2)c1=O)N1CCCC1. The number of fused-ring (bicyclic) bond motifs is 1. The molecule has 0 atom stereocenters. The van der Waals surface area contributed by atoms with Crippen molar-refractivity contribution >= 4 is 28.5 Å². The van der Waals surface area contributed by atoms with Crippen molar-refractivity contribution in [1.29, 1.82) is 0 Å². The number of hydrogen-bond acceptors (Lipinski definition) is 3.